The van der Waals surface area contributed by atoms with Crippen LogP contribution in [-0.2, 0) is 32.7 Å². The Labute approximate surface area is 147 Å². The summed E-state index contributed by atoms with van der Waals surface area (Å²) in [4.78, 5) is 24.0. The van der Waals surface area contributed by atoms with Crippen LogP contribution in [0.2, 0.25) is 0 Å². The lowest BCUT2D eigenvalue weighted by Gasteiger charge is -2.31. The second kappa shape index (κ2) is 7.07. The van der Waals surface area contributed by atoms with Crippen molar-refractivity contribution in [1.29, 1.82) is 0 Å². The third kappa shape index (κ3) is 3.88. The smallest absolute Gasteiger partial charge is 0.228 e. The molecule has 0 aliphatic carbocycles. The van der Waals surface area contributed by atoms with Gasteiger partial charge in [0.1, 0.15) is 0 Å². The maximum absolute atomic E-state index is 12.6. The number of carbonyl (C=O) groups is 2. The van der Waals surface area contributed by atoms with Crippen LogP contribution in [0.5, 0.6) is 0 Å². The molecule has 2 aromatic rings. The number of hydrogen-bond donors (Lipinski definition) is 2. The molecule has 0 fully saturated rings. The zero-order valence-corrected chi connectivity index (χ0v) is 14.5. The maximum Gasteiger partial charge on any atom is 0.228 e. The van der Waals surface area contributed by atoms with E-state index in [1.165, 1.54) is 0 Å². The number of benzene rings is 2. The van der Waals surface area contributed by atoms with E-state index < -0.39 is 5.54 Å². The van der Waals surface area contributed by atoms with E-state index in [2.05, 4.69) is 10.6 Å². The molecule has 1 heterocycles. The van der Waals surface area contributed by atoms with Gasteiger partial charge in [-0.3, -0.25) is 9.59 Å². The first-order valence-electron chi connectivity index (χ1n) is 8.27. The predicted octanol–water partition coefficient (Wildman–Crippen LogP) is 2.40. The first-order valence-corrected chi connectivity index (χ1v) is 8.27. The van der Waals surface area contributed by atoms with Crippen molar-refractivity contribution in [3.63, 3.8) is 0 Å². The second-order valence-corrected chi connectivity index (χ2v) is 6.57. The van der Waals surface area contributed by atoms with Crippen molar-refractivity contribution < 1.29 is 14.3 Å². The highest BCUT2D eigenvalue weighted by atomic mass is 16.5. The van der Waals surface area contributed by atoms with Gasteiger partial charge in [-0.25, -0.2) is 0 Å². The lowest BCUT2D eigenvalue weighted by molar-refractivity contribution is -0.123. The normalized spacial score (nSPS) is 15.2. The number of fused-ring (bicyclic) bond motifs is 1. The summed E-state index contributed by atoms with van der Waals surface area (Å²) >= 11 is 0. The zero-order valence-electron chi connectivity index (χ0n) is 14.5. The average molecular weight is 338 g/mol. The number of anilines is 1. The Kier molecular flexibility index (Phi) is 4.86. The molecule has 0 aromatic heterocycles. The fraction of sp³-hybridized carbons (Fsp3) is 0.300. The van der Waals surface area contributed by atoms with Gasteiger partial charge in [0.25, 0.3) is 0 Å². The Bertz CT molecular complexity index is 789. The lowest BCUT2D eigenvalue weighted by atomic mass is 9.92. The first-order chi connectivity index (χ1) is 12.0. The van der Waals surface area contributed by atoms with Crippen molar-refractivity contribution in [3.8, 4) is 0 Å². The van der Waals surface area contributed by atoms with Crippen LogP contribution in [0.25, 0.3) is 0 Å². The monoisotopic (exact) mass is 338 g/mol. The minimum absolute atomic E-state index is 0.00616. The number of amides is 2. The van der Waals surface area contributed by atoms with E-state index in [0.29, 0.717) is 13.0 Å². The van der Waals surface area contributed by atoms with Gasteiger partial charge in [-0.05, 0) is 29.7 Å². The van der Waals surface area contributed by atoms with E-state index in [4.69, 9.17) is 4.74 Å². The molecule has 0 spiro atoms. The van der Waals surface area contributed by atoms with E-state index in [0.717, 1.165) is 22.4 Å². The van der Waals surface area contributed by atoms with E-state index in [-0.39, 0.29) is 18.2 Å². The van der Waals surface area contributed by atoms with Gasteiger partial charge in [0.2, 0.25) is 11.8 Å². The van der Waals surface area contributed by atoms with E-state index in [9.17, 15) is 9.59 Å². The second-order valence-electron chi connectivity index (χ2n) is 6.57. The number of rotatable bonds is 6. The van der Waals surface area contributed by atoms with Gasteiger partial charge in [-0.2, -0.15) is 0 Å². The summed E-state index contributed by atoms with van der Waals surface area (Å²) < 4.78 is 5.32. The fourth-order valence-electron chi connectivity index (χ4n) is 3.20. The molecular formula is C20H22N2O3. The van der Waals surface area contributed by atoms with E-state index >= 15 is 0 Å². The van der Waals surface area contributed by atoms with Crippen LogP contribution < -0.4 is 10.6 Å². The third-order valence-electron chi connectivity index (χ3n) is 4.42. The van der Waals surface area contributed by atoms with Gasteiger partial charge in [0.05, 0.1) is 25.0 Å². The summed E-state index contributed by atoms with van der Waals surface area (Å²) in [7, 11) is 1.62. The molecular weight excluding hydrogens is 316 g/mol. The highest BCUT2D eigenvalue weighted by Crippen LogP contribution is 2.25. The Balaban J connectivity index is 1.72. The number of hydrogen-bond acceptors (Lipinski definition) is 3. The van der Waals surface area contributed by atoms with Crippen molar-refractivity contribution in [1.82, 2.24) is 5.32 Å². The number of methoxy groups -OCH3 is 1. The van der Waals surface area contributed by atoms with Gasteiger partial charge >= 0.3 is 0 Å². The lowest BCUT2D eigenvalue weighted by Crippen LogP contribution is -2.47. The van der Waals surface area contributed by atoms with Crippen LogP contribution in [0.1, 0.15) is 23.6 Å². The molecule has 1 atom stereocenters. The molecule has 2 amide bonds. The molecule has 0 unspecified atom stereocenters. The summed E-state index contributed by atoms with van der Waals surface area (Å²) in [5.74, 6) is -0.0963. The van der Waals surface area contributed by atoms with Gasteiger partial charge in [0, 0.05) is 12.8 Å². The maximum atomic E-state index is 12.6. The SMILES string of the molecule is COC[C@](C)(NC(=O)Cc1ccc2c(c1)NC(=O)C2)c1ccccc1. The summed E-state index contributed by atoms with van der Waals surface area (Å²) in [6.07, 6.45) is 0.650. The molecule has 0 saturated heterocycles. The largest absolute Gasteiger partial charge is 0.382 e. The Morgan fingerprint density at radius 2 is 2.00 bits per heavy atom. The molecule has 0 saturated carbocycles. The molecule has 5 nitrogen and oxygen atoms in total. The van der Waals surface area contributed by atoms with Crippen molar-refractivity contribution in [2.75, 3.05) is 19.0 Å². The molecule has 3 rings (SSSR count). The fourth-order valence-corrected chi connectivity index (χ4v) is 3.20. The predicted molar refractivity (Wildman–Crippen MR) is 96.3 cm³/mol. The Morgan fingerprint density at radius 1 is 1.24 bits per heavy atom. The van der Waals surface area contributed by atoms with E-state index in [1.807, 2.05) is 55.5 Å². The van der Waals surface area contributed by atoms with E-state index in [1.54, 1.807) is 7.11 Å². The molecule has 5 heteroatoms. The summed E-state index contributed by atoms with van der Waals surface area (Å²) in [6, 6.07) is 15.5. The van der Waals surface area contributed by atoms with Gasteiger partial charge in [0.15, 0.2) is 0 Å². The standard InChI is InChI=1S/C20H22N2O3/c1-20(13-25-2,16-6-4-3-5-7-16)22-19(24)11-14-8-9-15-12-18(23)21-17(15)10-14/h3-10H,11-13H2,1-2H3,(H,21,23)(H,22,24)/t20-/m0/s1. The summed E-state index contributed by atoms with van der Waals surface area (Å²) in [5.41, 5.74) is 3.04. The molecule has 1 aliphatic heterocycles. The van der Waals surface area contributed by atoms with Crippen LogP contribution >= 0.6 is 0 Å². The van der Waals surface area contributed by atoms with Crippen LogP contribution in [0, 0.1) is 0 Å². The molecule has 0 radical (unpaired) electrons. The third-order valence-corrected chi connectivity index (χ3v) is 4.42. The first kappa shape index (κ1) is 17.2. The van der Waals surface area contributed by atoms with Gasteiger partial charge in [-0.1, -0.05) is 42.5 Å². The zero-order chi connectivity index (χ0) is 17.9. The van der Waals surface area contributed by atoms with Crippen molar-refractivity contribution in [3.05, 3.63) is 65.2 Å². The van der Waals surface area contributed by atoms with Crippen molar-refractivity contribution in [2.45, 2.75) is 25.3 Å². The average Bonchev–Trinajstić information content (AvgIpc) is 2.95. The Hall–Kier alpha value is -2.66. The summed E-state index contributed by atoms with van der Waals surface area (Å²) in [6.45, 7) is 2.33. The number of ether oxygens (including phenoxy) is 1. The van der Waals surface area contributed by atoms with Crippen LogP contribution in [-0.4, -0.2) is 25.5 Å². The topological polar surface area (TPSA) is 67.4 Å². The number of carbonyl (C=O) groups excluding carboxylic acids is 2. The van der Waals surface area contributed by atoms with Crippen LogP contribution in [0.3, 0.4) is 0 Å². The highest BCUT2D eigenvalue weighted by molar-refractivity contribution is 5.99. The van der Waals surface area contributed by atoms with Gasteiger partial charge in [-0.15, -0.1) is 0 Å². The quantitative estimate of drug-likeness (QED) is 0.850. The molecule has 25 heavy (non-hydrogen) atoms. The van der Waals surface area contributed by atoms with Crippen LogP contribution in [0.4, 0.5) is 5.69 Å². The molecule has 130 valence electrons. The van der Waals surface area contributed by atoms with Gasteiger partial charge < -0.3 is 15.4 Å². The van der Waals surface area contributed by atoms with Crippen molar-refractivity contribution in [2.24, 2.45) is 0 Å². The Morgan fingerprint density at radius 3 is 2.72 bits per heavy atom. The molecule has 0 bridgehead atoms. The minimum Gasteiger partial charge on any atom is -0.382 e. The molecule has 2 N–H and O–H groups in total. The van der Waals surface area contributed by atoms with Crippen LogP contribution in [0.15, 0.2) is 48.5 Å². The molecule has 1 aliphatic rings. The highest BCUT2D eigenvalue weighted by Gasteiger charge is 2.28. The summed E-state index contributed by atoms with van der Waals surface area (Å²) in [5, 5.41) is 5.90. The molecule has 2 aromatic carbocycles. The van der Waals surface area contributed by atoms with Crippen molar-refractivity contribution >= 4 is 17.5 Å². The minimum atomic E-state index is -0.599. The number of nitrogens with one attached hydrogen (secondary N) is 2.